The lowest BCUT2D eigenvalue weighted by atomic mass is 10.0. The van der Waals surface area contributed by atoms with E-state index in [2.05, 4.69) is 4.90 Å². The molecule has 4 rings (SSSR count). The van der Waals surface area contributed by atoms with Crippen molar-refractivity contribution in [2.24, 2.45) is 11.8 Å². The molecule has 1 aliphatic heterocycles. The third-order valence-electron chi connectivity index (χ3n) is 5.40. The summed E-state index contributed by atoms with van der Waals surface area (Å²) in [6.07, 6.45) is 2.64. The molecule has 0 bridgehead atoms. The van der Waals surface area contributed by atoms with Gasteiger partial charge in [-0.15, -0.1) is 11.8 Å². The second kappa shape index (κ2) is 7.80. The fraction of sp³-hybridized carbons (Fsp3) is 0.429. The summed E-state index contributed by atoms with van der Waals surface area (Å²) in [6.45, 7) is 2.33. The fourth-order valence-electron chi connectivity index (χ4n) is 4.10. The van der Waals surface area contributed by atoms with Crippen LogP contribution in [0.25, 0.3) is 0 Å². The number of likely N-dealkylation sites (tertiary alicyclic amines) is 1. The fourth-order valence-corrected chi connectivity index (χ4v) is 4.97. The van der Waals surface area contributed by atoms with Crippen molar-refractivity contribution in [3.63, 3.8) is 0 Å². The maximum atomic E-state index is 9.36. The first kappa shape index (κ1) is 17.6. The number of hydrogen-bond acceptors (Lipinski definition) is 5. The Morgan fingerprint density at radius 3 is 2.19 bits per heavy atom. The maximum absolute atomic E-state index is 9.36. The van der Waals surface area contributed by atoms with Crippen molar-refractivity contribution in [2.75, 3.05) is 26.1 Å². The molecule has 0 spiro atoms. The zero-order valence-corrected chi connectivity index (χ0v) is 15.8. The van der Waals surface area contributed by atoms with Crippen LogP contribution in [0.4, 0.5) is 0 Å². The summed E-state index contributed by atoms with van der Waals surface area (Å²) in [5.41, 5.74) is 0. The van der Waals surface area contributed by atoms with Crippen molar-refractivity contribution >= 4 is 11.8 Å². The van der Waals surface area contributed by atoms with Gasteiger partial charge in [-0.3, -0.25) is 4.90 Å². The van der Waals surface area contributed by atoms with Crippen LogP contribution in [0.2, 0.25) is 0 Å². The van der Waals surface area contributed by atoms with E-state index in [4.69, 9.17) is 9.47 Å². The minimum atomic E-state index is 0.327. The molecule has 0 unspecified atom stereocenters. The predicted octanol–water partition coefficient (Wildman–Crippen LogP) is 4.24. The molecule has 1 saturated carbocycles. The van der Waals surface area contributed by atoms with Crippen molar-refractivity contribution in [1.82, 2.24) is 4.90 Å². The monoisotopic (exact) mass is 371 g/mol. The largest absolute Gasteiger partial charge is 0.508 e. The molecule has 0 amide bonds. The molecule has 2 aliphatic rings. The Morgan fingerprint density at radius 2 is 1.58 bits per heavy atom. The van der Waals surface area contributed by atoms with Gasteiger partial charge in [0, 0.05) is 23.9 Å². The smallest absolute Gasteiger partial charge is 0.119 e. The molecule has 5 heteroatoms. The molecule has 4 nitrogen and oxygen atoms in total. The summed E-state index contributed by atoms with van der Waals surface area (Å²) in [4.78, 5) is 3.76. The number of rotatable bonds is 6. The van der Waals surface area contributed by atoms with Gasteiger partial charge in [0.2, 0.25) is 0 Å². The molecule has 2 aromatic carbocycles. The van der Waals surface area contributed by atoms with Crippen molar-refractivity contribution < 1.29 is 14.6 Å². The Bertz CT molecular complexity index is 705. The van der Waals surface area contributed by atoms with Gasteiger partial charge in [-0.25, -0.2) is 0 Å². The highest BCUT2D eigenvalue weighted by atomic mass is 32.2. The first-order valence-electron chi connectivity index (χ1n) is 9.14. The zero-order chi connectivity index (χ0) is 17.9. The van der Waals surface area contributed by atoms with E-state index in [9.17, 15) is 5.11 Å². The zero-order valence-electron chi connectivity index (χ0n) is 15.0. The topological polar surface area (TPSA) is 41.9 Å². The number of thioether (sulfide) groups is 1. The van der Waals surface area contributed by atoms with Gasteiger partial charge in [-0.05, 0) is 73.2 Å². The van der Waals surface area contributed by atoms with Crippen LogP contribution in [0.15, 0.2) is 53.4 Å². The molecule has 1 saturated heterocycles. The van der Waals surface area contributed by atoms with Crippen LogP contribution in [0.5, 0.6) is 17.2 Å². The molecule has 1 N–H and O–H groups in total. The standard InChI is InChI=1S/C21H25NO3S/c1-24-18-4-6-19(7-5-18)25-20-10-15-12-22(13-16(15)11-20)14-26-21-8-2-17(23)3-9-21/h2-9,15-16,20,23H,10-14H2,1H3/t15-,16+,20+. The van der Waals surface area contributed by atoms with Gasteiger partial charge in [0.15, 0.2) is 0 Å². The summed E-state index contributed by atoms with van der Waals surface area (Å²) in [7, 11) is 1.68. The summed E-state index contributed by atoms with van der Waals surface area (Å²) in [5, 5.41) is 9.36. The number of methoxy groups -OCH3 is 1. The van der Waals surface area contributed by atoms with E-state index in [1.54, 1.807) is 19.2 Å². The Kier molecular flexibility index (Phi) is 5.27. The van der Waals surface area contributed by atoms with E-state index in [0.29, 0.717) is 11.9 Å². The van der Waals surface area contributed by atoms with Crippen LogP contribution >= 0.6 is 11.8 Å². The van der Waals surface area contributed by atoms with Crippen LogP contribution in [0.3, 0.4) is 0 Å². The molecule has 2 fully saturated rings. The molecule has 2 aromatic rings. The number of benzene rings is 2. The Hall–Kier alpha value is -1.85. The number of hydrogen-bond donors (Lipinski definition) is 1. The van der Waals surface area contributed by atoms with Crippen molar-refractivity contribution in [1.29, 1.82) is 0 Å². The predicted molar refractivity (Wildman–Crippen MR) is 104 cm³/mol. The van der Waals surface area contributed by atoms with Crippen molar-refractivity contribution in [2.45, 2.75) is 23.8 Å². The minimum Gasteiger partial charge on any atom is -0.508 e. The molecule has 138 valence electrons. The lowest BCUT2D eigenvalue weighted by Gasteiger charge is -2.19. The van der Waals surface area contributed by atoms with E-state index in [-0.39, 0.29) is 0 Å². The van der Waals surface area contributed by atoms with Gasteiger partial charge >= 0.3 is 0 Å². The quantitative estimate of drug-likeness (QED) is 0.769. The van der Waals surface area contributed by atoms with Crippen LogP contribution < -0.4 is 9.47 Å². The summed E-state index contributed by atoms with van der Waals surface area (Å²) < 4.78 is 11.4. The van der Waals surface area contributed by atoms with E-state index >= 15 is 0 Å². The van der Waals surface area contributed by atoms with Crippen LogP contribution in [-0.4, -0.2) is 42.2 Å². The van der Waals surface area contributed by atoms with Gasteiger partial charge in [0.1, 0.15) is 17.2 Å². The Labute approximate surface area is 159 Å². The number of phenols is 1. The van der Waals surface area contributed by atoms with Crippen molar-refractivity contribution in [3.8, 4) is 17.2 Å². The third-order valence-corrected chi connectivity index (χ3v) is 6.50. The SMILES string of the molecule is COc1ccc(O[C@H]2C[C@@H]3CN(CSc4ccc(O)cc4)C[C@@H]3C2)cc1. The van der Waals surface area contributed by atoms with E-state index < -0.39 is 0 Å². The molecular formula is C21H25NO3S. The van der Waals surface area contributed by atoms with Crippen LogP contribution in [-0.2, 0) is 0 Å². The van der Waals surface area contributed by atoms with Gasteiger partial charge in [0.25, 0.3) is 0 Å². The number of ether oxygens (including phenoxy) is 2. The number of nitrogens with zero attached hydrogens (tertiary/aromatic N) is 1. The number of phenolic OH excluding ortho intramolecular Hbond substituents is 1. The van der Waals surface area contributed by atoms with E-state index in [1.807, 2.05) is 48.2 Å². The minimum absolute atomic E-state index is 0.327. The molecule has 1 aliphatic carbocycles. The first-order valence-corrected chi connectivity index (χ1v) is 10.1. The van der Waals surface area contributed by atoms with E-state index in [1.165, 1.54) is 4.90 Å². The lowest BCUT2D eigenvalue weighted by molar-refractivity contribution is 0.189. The number of fused-ring (bicyclic) bond motifs is 1. The molecule has 1 heterocycles. The first-order chi connectivity index (χ1) is 12.7. The average Bonchev–Trinajstić information content (AvgIpc) is 3.20. The molecule has 26 heavy (non-hydrogen) atoms. The summed E-state index contributed by atoms with van der Waals surface area (Å²) in [5.74, 6) is 4.64. The van der Waals surface area contributed by atoms with Gasteiger partial charge in [0.05, 0.1) is 13.2 Å². The molecular weight excluding hydrogens is 346 g/mol. The number of aromatic hydroxyl groups is 1. The second-order valence-corrected chi connectivity index (χ2v) is 8.23. The second-order valence-electron chi connectivity index (χ2n) is 7.21. The van der Waals surface area contributed by atoms with Crippen molar-refractivity contribution in [3.05, 3.63) is 48.5 Å². The molecule has 0 radical (unpaired) electrons. The summed E-state index contributed by atoms with van der Waals surface area (Å²) in [6, 6.07) is 15.4. The maximum Gasteiger partial charge on any atom is 0.119 e. The van der Waals surface area contributed by atoms with Gasteiger partial charge in [-0.1, -0.05) is 0 Å². The Balaban J connectivity index is 1.24. The average molecular weight is 372 g/mol. The molecule has 3 atom stereocenters. The van der Waals surface area contributed by atoms with Crippen LogP contribution in [0.1, 0.15) is 12.8 Å². The summed E-state index contributed by atoms with van der Waals surface area (Å²) >= 11 is 1.84. The Morgan fingerprint density at radius 1 is 0.962 bits per heavy atom. The van der Waals surface area contributed by atoms with Crippen LogP contribution in [0, 0.1) is 11.8 Å². The highest BCUT2D eigenvalue weighted by molar-refractivity contribution is 7.99. The van der Waals surface area contributed by atoms with E-state index in [0.717, 1.165) is 55.1 Å². The highest BCUT2D eigenvalue weighted by Gasteiger charge is 2.41. The highest BCUT2D eigenvalue weighted by Crippen LogP contribution is 2.40. The van der Waals surface area contributed by atoms with Gasteiger partial charge < -0.3 is 14.6 Å². The normalized spacial score (nSPS) is 25.2. The van der Waals surface area contributed by atoms with Gasteiger partial charge in [-0.2, -0.15) is 0 Å². The lowest BCUT2D eigenvalue weighted by Crippen LogP contribution is -2.24. The molecule has 0 aromatic heterocycles. The third kappa shape index (κ3) is 4.10.